The summed E-state index contributed by atoms with van der Waals surface area (Å²) >= 11 is 0. The Morgan fingerprint density at radius 3 is 2.44 bits per heavy atom. The van der Waals surface area contributed by atoms with Gasteiger partial charge in [-0.25, -0.2) is 0 Å². The number of anilines is 1. The van der Waals surface area contributed by atoms with Gasteiger partial charge in [-0.3, -0.25) is 4.90 Å². The van der Waals surface area contributed by atoms with Gasteiger partial charge in [0.2, 0.25) is 0 Å². The number of hydrogen-bond acceptors (Lipinski definition) is 3. The predicted molar refractivity (Wildman–Crippen MR) is 78.4 cm³/mol. The van der Waals surface area contributed by atoms with Crippen molar-refractivity contribution in [2.45, 2.75) is 19.9 Å². The van der Waals surface area contributed by atoms with Crippen molar-refractivity contribution >= 4 is 5.69 Å². The van der Waals surface area contributed by atoms with Crippen LogP contribution in [0.15, 0.2) is 24.3 Å². The fourth-order valence-corrected chi connectivity index (χ4v) is 2.75. The molecule has 1 aliphatic heterocycles. The van der Waals surface area contributed by atoms with Crippen LogP contribution in [0.5, 0.6) is 0 Å². The predicted octanol–water partition coefficient (Wildman–Crippen LogP) is 1.72. The molecule has 0 aliphatic carbocycles. The highest BCUT2D eigenvalue weighted by atomic mass is 15.3. The zero-order chi connectivity index (χ0) is 13.0. The van der Waals surface area contributed by atoms with Crippen molar-refractivity contribution in [3.63, 3.8) is 0 Å². The van der Waals surface area contributed by atoms with Gasteiger partial charge in [0.25, 0.3) is 0 Å². The van der Waals surface area contributed by atoms with Crippen LogP contribution >= 0.6 is 0 Å². The Morgan fingerprint density at radius 2 is 1.83 bits per heavy atom. The normalized spacial score (nSPS) is 18.9. The molecule has 0 spiro atoms. The SMILES string of the molecule is CNCC(C)N1CCN(c2ccccc2C)CC1. The summed E-state index contributed by atoms with van der Waals surface area (Å²) in [6.07, 6.45) is 0. The summed E-state index contributed by atoms with van der Waals surface area (Å²) in [5.74, 6) is 0. The monoisotopic (exact) mass is 247 g/mol. The lowest BCUT2D eigenvalue weighted by atomic mass is 10.1. The van der Waals surface area contributed by atoms with Gasteiger partial charge in [0.05, 0.1) is 0 Å². The third-order valence-electron chi connectivity index (χ3n) is 3.89. The van der Waals surface area contributed by atoms with E-state index < -0.39 is 0 Å². The van der Waals surface area contributed by atoms with E-state index in [1.54, 1.807) is 0 Å². The van der Waals surface area contributed by atoms with Crippen molar-refractivity contribution in [1.29, 1.82) is 0 Å². The second-order valence-corrected chi connectivity index (χ2v) is 5.22. The number of nitrogens with one attached hydrogen (secondary N) is 1. The Morgan fingerprint density at radius 1 is 1.17 bits per heavy atom. The number of hydrogen-bond donors (Lipinski definition) is 1. The first-order valence-corrected chi connectivity index (χ1v) is 6.91. The molecule has 1 fully saturated rings. The molecule has 2 rings (SSSR count). The lowest BCUT2D eigenvalue weighted by Gasteiger charge is -2.39. The van der Waals surface area contributed by atoms with E-state index in [1.165, 1.54) is 11.3 Å². The highest BCUT2D eigenvalue weighted by Crippen LogP contribution is 2.21. The minimum absolute atomic E-state index is 0.633. The van der Waals surface area contributed by atoms with Crippen LogP contribution in [0.25, 0.3) is 0 Å². The third kappa shape index (κ3) is 3.03. The molecule has 1 unspecified atom stereocenters. The first-order valence-electron chi connectivity index (χ1n) is 6.91. The molecule has 1 aromatic rings. The molecule has 1 aromatic carbocycles. The maximum atomic E-state index is 3.26. The number of rotatable bonds is 4. The highest BCUT2D eigenvalue weighted by molar-refractivity contribution is 5.53. The zero-order valence-corrected chi connectivity index (χ0v) is 11.8. The van der Waals surface area contributed by atoms with E-state index in [1.807, 2.05) is 7.05 Å². The van der Waals surface area contributed by atoms with Gasteiger partial charge in [-0.1, -0.05) is 18.2 Å². The quantitative estimate of drug-likeness (QED) is 0.874. The lowest BCUT2D eigenvalue weighted by Crippen LogP contribution is -2.51. The molecule has 0 amide bonds. The third-order valence-corrected chi connectivity index (χ3v) is 3.89. The topological polar surface area (TPSA) is 18.5 Å². The number of benzene rings is 1. The molecule has 1 N–H and O–H groups in total. The van der Waals surface area contributed by atoms with Gasteiger partial charge >= 0.3 is 0 Å². The van der Waals surface area contributed by atoms with E-state index in [9.17, 15) is 0 Å². The van der Waals surface area contributed by atoms with E-state index in [0.29, 0.717) is 6.04 Å². The molecule has 0 bridgehead atoms. The summed E-state index contributed by atoms with van der Waals surface area (Å²) in [7, 11) is 2.03. The van der Waals surface area contributed by atoms with Gasteiger partial charge in [-0.2, -0.15) is 0 Å². The number of likely N-dealkylation sites (N-methyl/N-ethyl adjacent to an activating group) is 1. The Balaban J connectivity index is 1.93. The molecule has 1 saturated heterocycles. The van der Waals surface area contributed by atoms with Gasteiger partial charge in [-0.05, 0) is 32.5 Å². The fraction of sp³-hybridized carbons (Fsp3) is 0.600. The minimum atomic E-state index is 0.633. The van der Waals surface area contributed by atoms with Crippen molar-refractivity contribution in [2.75, 3.05) is 44.7 Å². The Hall–Kier alpha value is -1.06. The van der Waals surface area contributed by atoms with Gasteiger partial charge in [-0.15, -0.1) is 0 Å². The van der Waals surface area contributed by atoms with Gasteiger partial charge < -0.3 is 10.2 Å². The number of aryl methyl sites for hydroxylation is 1. The van der Waals surface area contributed by atoms with Crippen LogP contribution in [0.4, 0.5) is 5.69 Å². The van der Waals surface area contributed by atoms with Crippen LogP contribution in [0, 0.1) is 6.92 Å². The average molecular weight is 247 g/mol. The first kappa shape index (κ1) is 13.4. The zero-order valence-electron chi connectivity index (χ0n) is 11.8. The molecule has 3 nitrogen and oxygen atoms in total. The molecule has 0 radical (unpaired) electrons. The Bertz CT molecular complexity index is 370. The second-order valence-electron chi connectivity index (χ2n) is 5.22. The summed E-state index contributed by atoms with van der Waals surface area (Å²) in [5, 5.41) is 3.26. The van der Waals surface area contributed by atoms with E-state index in [-0.39, 0.29) is 0 Å². The van der Waals surface area contributed by atoms with E-state index >= 15 is 0 Å². The second kappa shape index (κ2) is 6.21. The maximum absolute atomic E-state index is 3.26. The van der Waals surface area contributed by atoms with Gasteiger partial charge in [0.15, 0.2) is 0 Å². The van der Waals surface area contributed by atoms with Crippen molar-refractivity contribution < 1.29 is 0 Å². The molecule has 18 heavy (non-hydrogen) atoms. The molecule has 1 heterocycles. The highest BCUT2D eigenvalue weighted by Gasteiger charge is 2.21. The van der Waals surface area contributed by atoms with Crippen LogP contribution in [0.1, 0.15) is 12.5 Å². The first-order chi connectivity index (χ1) is 8.72. The van der Waals surface area contributed by atoms with Crippen molar-refractivity contribution in [2.24, 2.45) is 0 Å². The Labute approximate surface area is 111 Å². The summed E-state index contributed by atoms with van der Waals surface area (Å²) in [4.78, 5) is 5.09. The van der Waals surface area contributed by atoms with Crippen LogP contribution in [-0.2, 0) is 0 Å². The summed E-state index contributed by atoms with van der Waals surface area (Å²) in [6, 6.07) is 9.32. The molecular weight excluding hydrogens is 222 g/mol. The van der Waals surface area contributed by atoms with Crippen LogP contribution in [-0.4, -0.2) is 50.7 Å². The van der Waals surface area contributed by atoms with Crippen LogP contribution < -0.4 is 10.2 Å². The minimum Gasteiger partial charge on any atom is -0.369 e. The largest absolute Gasteiger partial charge is 0.369 e. The van der Waals surface area contributed by atoms with Crippen molar-refractivity contribution in [3.8, 4) is 0 Å². The smallest absolute Gasteiger partial charge is 0.0396 e. The van der Waals surface area contributed by atoms with E-state index in [0.717, 1.165) is 32.7 Å². The fourth-order valence-electron chi connectivity index (χ4n) is 2.75. The lowest BCUT2D eigenvalue weighted by molar-refractivity contribution is 0.195. The Kier molecular flexibility index (Phi) is 4.61. The van der Waals surface area contributed by atoms with Gasteiger partial charge in [0, 0.05) is 44.5 Å². The molecule has 1 aliphatic rings. The molecule has 0 saturated carbocycles. The summed E-state index contributed by atoms with van der Waals surface area (Å²) < 4.78 is 0. The standard InChI is InChI=1S/C15H25N3/c1-13-6-4-5-7-15(13)18-10-8-17(9-11-18)14(2)12-16-3/h4-7,14,16H,8-12H2,1-3H3. The van der Waals surface area contributed by atoms with Crippen molar-refractivity contribution in [3.05, 3.63) is 29.8 Å². The molecular formula is C15H25N3. The van der Waals surface area contributed by atoms with Gasteiger partial charge in [0.1, 0.15) is 0 Å². The number of nitrogens with zero attached hydrogens (tertiary/aromatic N) is 2. The molecule has 0 aromatic heterocycles. The van der Waals surface area contributed by atoms with E-state index in [4.69, 9.17) is 0 Å². The average Bonchev–Trinajstić information content (AvgIpc) is 2.40. The number of para-hydroxylation sites is 1. The number of piperazine rings is 1. The van der Waals surface area contributed by atoms with E-state index in [2.05, 4.69) is 53.2 Å². The summed E-state index contributed by atoms with van der Waals surface area (Å²) in [6.45, 7) is 10.2. The molecule has 3 heteroatoms. The van der Waals surface area contributed by atoms with Crippen LogP contribution in [0.2, 0.25) is 0 Å². The molecule has 1 atom stereocenters. The maximum Gasteiger partial charge on any atom is 0.0396 e. The summed E-state index contributed by atoms with van der Waals surface area (Å²) in [5.41, 5.74) is 2.78. The van der Waals surface area contributed by atoms with Crippen molar-refractivity contribution in [1.82, 2.24) is 10.2 Å². The van der Waals surface area contributed by atoms with Crippen LogP contribution in [0.3, 0.4) is 0 Å². The molecule has 100 valence electrons.